The van der Waals surface area contributed by atoms with Gasteiger partial charge in [-0.15, -0.1) is 11.3 Å². The van der Waals surface area contributed by atoms with Gasteiger partial charge >= 0.3 is 0 Å². The van der Waals surface area contributed by atoms with E-state index in [1.165, 1.54) is 107 Å². The first-order chi connectivity index (χ1) is 22.3. The molecule has 206 valence electrons. The maximum absolute atomic E-state index is 2.39. The van der Waals surface area contributed by atoms with E-state index in [1.54, 1.807) is 0 Å². The van der Waals surface area contributed by atoms with E-state index in [4.69, 9.17) is 0 Å². The summed E-state index contributed by atoms with van der Waals surface area (Å²) in [6.07, 6.45) is 0. The molecule has 1 heteroatoms. The van der Waals surface area contributed by atoms with E-state index in [-0.39, 0.29) is 0 Å². The van der Waals surface area contributed by atoms with Gasteiger partial charge in [-0.05, 0) is 117 Å². The van der Waals surface area contributed by atoms with Crippen molar-refractivity contribution in [1.29, 1.82) is 0 Å². The molecule has 0 fully saturated rings. The molecule has 0 aliphatic heterocycles. The highest BCUT2D eigenvalue weighted by Gasteiger charge is 2.17. The molecule has 11 aromatic rings. The molecule has 0 saturated heterocycles. The highest BCUT2D eigenvalue weighted by molar-refractivity contribution is 7.26. The van der Waals surface area contributed by atoms with Crippen LogP contribution in [0, 0.1) is 0 Å². The van der Waals surface area contributed by atoms with Crippen molar-refractivity contribution >= 4 is 96.1 Å². The summed E-state index contributed by atoms with van der Waals surface area (Å²) in [4.78, 5) is 0. The molecule has 1 heterocycles. The molecule has 0 aliphatic rings. The minimum atomic E-state index is 1.26. The summed E-state index contributed by atoms with van der Waals surface area (Å²) >= 11 is 1.90. The Morgan fingerprint density at radius 2 is 0.822 bits per heavy atom. The largest absolute Gasteiger partial charge is 0.135 e. The Labute approximate surface area is 263 Å². The molecule has 0 amide bonds. The van der Waals surface area contributed by atoms with Crippen LogP contribution >= 0.6 is 11.3 Å². The Bertz CT molecular complexity index is 2930. The first-order valence-electron chi connectivity index (χ1n) is 15.6. The van der Waals surface area contributed by atoms with Gasteiger partial charge in [-0.25, -0.2) is 0 Å². The van der Waals surface area contributed by atoms with Gasteiger partial charge in [-0.3, -0.25) is 0 Å². The smallest absolute Gasteiger partial charge is 0.0361 e. The second kappa shape index (κ2) is 8.57. The lowest BCUT2D eigenvalue weighted by Gasteiger charge is -2.17. The van der Waals surface area contributed by atoms with E-state index in [9.17, 15) is 0 Å². The topological polar surface area (TPSA) is 0 Å². The van der Waals surface area contributed by atoms with Crippen molar-refractivity contribution in [2.45, 2.75) is 0 Å². The first-order valence-corrected chi connectivity index (χ1v) is 16.4. The second-order valence-electron chi connectivity index (χ2n) is 12.4. The third kappa shape index (κ3) is 3.16. The Kier molecular flexibility index (Phi) is 4.55. The van der Waals surface area contributed by atoms with Gasteiger partial charge in [0.2, 0.25) is 0 Å². The average molecular weight is 585 g/mol. The Balaban J connectivity index is 1.10. The normalized spacial score (nSPS) is 12.4. The van der Waals surface area contributed by atoms with Crippen LogP contribution in [0.1, 0.15) is 0 Å². The van der Waals surface area contributed by atoms with Crippen molar-refractivity contribution in [3.05, 3.63) is 146 Å². The molecule has 0 atom stereocenters. The average Bonchev–Trinajstić information content (AvgIpc) is 3.49. The monoisotopic (exact) mass is 584 g/mol. The second-order valence-corrected chi connectivity index (χ2v) is 13.5. The summed E-state index contributed by atoms with van der Waals surface area (Å²) in [7, 11) is 0. The van der Waals surface area contributed by atoms with Gasteiger partial charge in [-0.1, -0.05) is 115 Å². The van der Waals surface area contributed by atoms with Crippen LogP contribution in [0.5, 0.6) is 0 Å². The Morgan fingerprint density at radius 1 is 0.289 bits per heavy atom. The zero-order valence-corrected chi connectivity index (χ0v) is 25.1. The van der Waals surface area contributed by atoms with Gasteiger partial charge in [0.1, 0.15) is 0 Å². The van der Waals surface area contributed by atoms with Crippen molar-refractivity contribution in [1.82, 2.24) is 0 Å². The zero-order valence-electron chi connectivity index (χ0n) is 24.3. The molecule has 0 spiro atoms. The molecular weight excluding hydrogens is 561 g/mol. The van der Waals surface area contributed by atoms with Crippen molar-refractivity contribution in [3.63, 3.8) is 0 Å². The predicted molar refractivity (Wildman–Crippen MR) is 198 cm³/mol. The van der Waals surface area contributed by atoms with Crippen LogP contribution in [0.25, 0.3) is 107 Å². The first kappa shape index (κ1) is 23.9. The highest BCUT2D eigenvalue weighted by Crippen LogP contribution is 2.46. The standard InChI is InChI=1S/C44H24S/c1-6-25-7-2-10-34-37-21-20-31(32-11-4-12-35(43(32)37)33(9-1)41(25)34)28-18-16-27-23-29(19-17-26(27)22-28)38-24-30-8-3-14-39-42(30)44-36(38)13-5-15-40(44)45-39/h1-24H. The summed E-state index contributed by atoms with van der Waals surface area (Å²) in [6.45, 7) is 0. The van der Waals surface area contributed by atoms with Crippen molar-refractivity contribution < 1.29 is 0 Å². The number of thiophene rings is 1. The highest BCUT2D eigenvalue weighted by atomic mass is 32.1. The van der Waals surface area contributed by atoms with Crippen molar-refractivity contribution in [3.8, 4) is 22.3 Å². The number of benzene rings is 10. The molecule has 11 rings (SSSR count). The lowest BCUT2D eigenvalue weighted by atomic mass is 9.87. The number of fused-ring (bicyclic) bond motifs is 3. The number of hydrogen-bond acceptors (Lipinski definition) is 1. The molecular formula is C44H24S. The lowest BCUT2D eigenvalue weighted by Crippen LogP contribution is -1.89. The van der Waals surface area contributed by atoms with Gasteiger partial charge in [0.15, 0.2) is 0 Å². The van der Waals surface area contributed by atoms with E-state index in [2.05, 4.69) is 146 Å². The number of rotatable bonds is 2. The zero-order chi connectivity index (χ0) is 29.2. The van der Waals surface area contributed by atoms with Crippen LogP contribution in [0.4, 0.5) is 0 Å². The van der Waals surface area contributed by atoms with Crippen LogP contribution in [-0.4, -0.2) is 0 Å². The predicted octanol–water partition coefficient (Wildman–Crippen LogP) is 13.2. The van der Waals surface area contributed by atoms with E-state index in [1.807, 2.05) is 11.3 Å². The van der Waals surface area contributed by atoms with E-state index in [0.29, 0.717) is 0 Å². The fourth-order valence-corrected chi connectivity index (χ4v) is 9.35. The SMILES string of the molecule is c1cc2cc(-c3ccc4cc(-c5ccc6c7cccc8cccc(c9cccc5c96)c87)ccc4c3)c3cccc4sc(c1)c2c43. The molecule has 0 aliphatic carbocycles. The Morgan fingerprint density at radius 3 is 1.58 bits per heavy atom. The minimum absolute atomic E-state index is 1.26. The van der Waals surface area contributed by atoms with Crippen LogP contribution < -0.4 is 0 Å². The van der Waals surface area contributed by atoms with Crippen molar-refractivity contribution in [2.75, 3.05) is 0 Å². The third-order valence-electron chi connectivity index (χ3n) is 10.1. The fourth-order valence-electron chi connectivity index (χ4n) is 8.19. The van der Waals surface area contributed by atoms with E-state index >= 15 is 0 Å². The molecule has 0 nitrogen and oxygen atoms in total. The third-order valence-corrected chi connectivity index (χ3v) is 11.3. The molecule has 0 saturated carbocycles. The number of hydrogen-bond donors (Lipinski definition) is 0. The van der Waals surface area contributed by atoms with Crippen LogP contribution in [0.15, 0.2) is 146 Å². The molecule has 10 aromatic carbocycles. The van der Waals surface area contributed by atoms with Gasteiger partial charge < -0.3 is 0 Å². The van der Waals surface area contributed by atoms with Gasteiger partial charge in [0.25, 0.3) is 0 Å². The molecule has 45 heavy (non-hydrogen) atoms. The maximum Gasteiger partial charge on any atom is 0.0361 e. The summed E-state index contributed by atoms with van der Waals surface area (Å²) in [5.74, 6) is 0. The summed E-state index contributed by atoms with van der Waals surface area (Å²) in [5, 5.41) is 18.7. The van der Waals surface area contributed by atoms with E-state index < -0.39 is 0 Å². The Hall–Kier alpha value is -5.50. The van der Waals surface area contributed by atoms with Gasteiger partial charge in [0.05, 0.1) is 0 Å². The van der Waals surface area contributed by atoms with Crippen LogP contribution in [0.3, 0.4) is 0 Å². The molecule has 0 radical (unpaired) electrons. The van der Waals surface area contributed by atoms with Crippen molar-refractivity contribution in [2.24, 2.45) is 0 Å². The van der Waals surface area contributed by atoms with Gasteiger partial charge in [-0.2, -0.15) is 0 Å². The maximum atomic E-state index is 2.39. The summed E-state index contributed by atoms with van der Waals surface area (Å²) in [5.41, 5.74) is 5.12. The summed E-state index contributed by atoms with van der Waals surface area (Å²) < 4.78 is 2.74. The van der Waals surface area contributed by atoms with E-state index in [0.717, 1.165) is 0 Å². The minimum Gasteiger partial charge on any atom is -0.135 e. The molecule has 1 aromatic heterocycles. The quantitative estimate of drug-likeness (QED) is 0.140. The lowest BCUT2D eigenvalue weighted by molar-refractivity contribution is 1.68. The van der Waals surface area contributed by atoms with Gasteiger partial charge in [0, 0.05) is 20.2 Å². The molecule has 0 bridgehead atoms. The fraction of sp³-hybridized carbons (Fsp3) is 0. The summed E-state index contributed by atoms with van der Waals surface area (Å²) in [6, 6.07) is 54.7. The van der Waals surface area contributed by atoms with Crippen LogP contribution in [-0.2, 0) is 0 Å². The van der Waals surface area contributed by atoms with Crippen LogP contribution in [0.2, 0.25) is 0 Å². The molecule has 0 N–H and O–H groups in total. The molecule has 0 unspecified atom stereocenters.